The van der Waals surface area contributed by atoms with Crippen molar-refractivity contribution in [2.24, 2.45) is 11.3 Å². The lowest BCUT2D eigenvalue weighted by Crippen LogP contribution is -2.59. The van der Waals surface area contributed by atoms with E-state index in [1.165, 1.54) is 4.90 Å². The third kappa shape index (κ3) is 3.79. The number of alkyl halides is 3. The molecule has 176 valence electrons. The highest BCUT2D eigenvalue weighted by Crippen LogP contribution is 2.49. The van der Waals surface area contributed by atoms with E-state index in [-0.39, 0.29) is 55.4 Å². The average molecular weight is 463 g/mol. The van der Waals surface area contributed by atoms with E-state index in [1.807, 2.05) is 0 Å². The predicted octanol–water partition coefficient (Wildman–Crippen LogP) is 2.64. The van der Waals surface area contributed by atoms with Gasteiger partial charge in [0.2, 0.25) is 11.8 Å². The van der Waals surface area contributed by atoms with E-state index >= 15 is 0 Å². The summed E-state index contributed by atoms with van der Waals surface area (Å²) in [6, 6.07) is 4.11. The van der Waals surface area contributed by atoms with Crippen LogP contribution in [-0.4, -0.2) is 58.7 Å². The van der Waals surface area contributed by atoms with E-state index in [0.717, 1.165) is 0 Å². The number of amides is 4. The van der Waals surface area contributed by atoms with Gasteiger partial charge in [-0.25, -0.2) is 0 Å². The smallest absolute Gasteiger partial charge is 0.337 e. The van der Waals surface area contributed by atoms with Crippen LogP contribution in [0.1, 0.15) is 64.8 Å². The molecule has 1 aromatic rings. The summed E-state index contributed by atoms with van der Waals surface area (Å²) in [5.41, 5.74) is 1.29. The second-order valence-corrected chi connectivity index (χ2v) is 9.75. The Morgan fingerprint density at radius 1 is 1.06 bits per heavy atom. The maximum Gasteiger partial charge on any atom is 0.391 e. The van der Waals surface area contributed by atoms with Gasteiger partial charge >= 0.3 is 6.18 Å². The molecule has 2 saturated heterocycles. The van der Waals surface area contributed by atoms with Crippen molar-refractivity contribution in [3.8, 4) is 0 Å². The van der Waals surface area contributed by atoms with Crippen molar-refractivity contribution in [3.63, 3.8) is 0 Å². The molecule has 33 heavy (non-hydrogen) atoms. The first kappa shape index (κ1) is 21.9. The molecule has 3 aliphatic heterocycles. The van der Waals surface area contributed by atoms with Crippen LogP contribution in [0.3, 0.4) is 0 Å². The molecule has 7 nitrogen and oxygen atoms in total. The Kier molecular flexibility index (Phi) is 5.02. The fraction of sp³-hybridized carbons (Fsp3) is 0.565. The Morgan fingerprint density at radius 3 is 2.39 bits per heavy atom. The number of piperidine rings is 1. The molecule has 1 aliphatic carbocycles. The maximum atomic E-state index is 13.0. The highest BCUT2D eigenvalue weighted by Gasteiger charge is 2.51. The van der Waals surface area contributed by atoms with Gasteiger partial charge in [0.1, 0.15) is 6.04 Å². The largest absolute Gasteiger partial charge is 0.391 e. The van der Waals surface area contributed by atoms with Gasteiger partial charge in [-0.1, -0.05) is 0 Å². The van der Waals surface area contributed by atoms with Crippen LogP contribution in [0.4, 0.5) is 13.2 Å². The molecule has 4 amide bonds. The number of hydrogen-bond donors (Lipinski definition) is 1. The zero-order valence-electron chi connectivity index (χ0n) is 17.9. The van der Waals surface area contributed by atoms with Crippen molar-refractivity contribution in [1.29, 1.82) is 0 Å². The quantitative estimate of drug-likeness (QED) is 0.684. The van der Waals surface area contributed by atoms with Gasteiger partial charge in [-0.3, -0.25) is 24.5 Å². The lowest BCUT2D eigenvalue weighted by atomic mass is 9.65. The molecule has 1 N–H and O–H groups in total. The number of hydrogen-bond acceptors (Lipinski definition) is 4. The summed E-state index contributed by atoms with van der Waals surface area (Å²) in [7, 11) is 0. The average Bonchev–Trinajstić information content (AvgIpc) is 3.06. The number of rotatable bonds is 2. The minimum Gasteiger partial charge on any atom is -0.337 e. The van der Waals surface area contributed by atoms with E-state index in [1.54, 1.807) is 23.1 Å². The van der Waals surface area contributed by atoms with E-state index in [4.69, 9.17) is 0 Å². The number of nitrogens with zero attached hydrogens (tertiary/aromatic N) is 2. The molecule has 1 unspecified atom stereocenters. The molecule has 1 atom stereocenters. The van der Waals surface area contributed by atoms with Gasteiger partial charge in [-0.2, -0.15) is 13.2 Å². The Labute approximate surface area is 188 Å². The molecule has 1 aromatic carbocycles. The highest BCUT2D eigenvalue weighted by atomic mass is 19.4. The lowest BCUT2D eigenvalue weighted by molar-refractivity contribution is -0.192. The molecular formula is C23H24F3N3O4. The van der Waals surface area contributed by atoms with Crippen molar-refractivity contribution in [3.05, 3.63) is 34.9 Å². The molecule has 5 rings (SSSR count). The molecular weight excluding hydrogens is 439 g/mol. The SMILES string of the molecule is O=C1CCC(N2Cc3cc(C(=O)N4CC5(CCC(C(F)(F)F)CC5)C4)ccc3C2=O)C(=O)N1. The number of likely N-dealkylation sites (tertiary alicyclic amines) is 1. The minimum atomic E-state index is -4.15. The van der Waals surface area contributed by atoms with Gasteiger partial charge in [-0.15, -0.1) is 0 Å². The summed E-state index contributed by atoms with van der Waals surface area (Å²) < 4.78 is 38.8. The number of carbonyl (C=O) groups is 4. The zero-order chi connectivity index (χ0) is 23.5. The van der Waals surface area contributed by atoms with Crippen LogP contribution in [0.15, 0.2) is 18.2 Å². The second-order valence-electron chi connectivity index (χ2n) is 9.75. The van der Waals surface area contributed by atoms with E-state index in [9.17, 15) is 32.3 Å². The van der Waals surface area contributed by atoms with Crippen molar-refractivity contribution in [2.75, 3.05) is 13.1 Å². The first-order valence-electron chi connectivity index (χ1n) is 11.2. The summed E-state index contributed by atoms with van der Waals surface area (Å²) in [5.74, 6) is -2.59. The molecule has 10 heteroatoms. The molecule has 3 fully saturated rings. The van der Waals surface area contributed by atoms with Gasteiger partial charge in [-0.05, 0) is 55.9 Å². The maximum absolute atomic E-state index is 13.0. The topological polar surface area (TPSA) is 86.8 Å². The van der Waals surface area contributed by atoms with Gasteiger partial charge in [0.15, 0.2) is 0 Å². The van der Waals surface area contributed by atoms with Gasteiger partial charge in [0.05, 0.1) is 5.92 Å². The van der Waals surface area contributed by atoms with Crippen LogP contribution >= 0.6 is 0 Å². The van der Waals surface area contributed by atoms with Gasteiger partial charge < -0.3 is 9.80 Å². The highest BCUT2D eigenvalue weighted by molar-refractivity contribution is 6.06. The zero-order valence-corrected chi connectivity index (χ0v) is 17.9. The Morgan fingerprint density at radius 2 is 1.76 bits per heavy atom. The van der Waals surface area contributed by atoms with Crippen LogP contribution < -0.4 is 5.32 Å². The summed E-state index contributed by atoms with van der Waals surface area (Å²) in [4.78, 5) is 52.4. The molecule has 0 aromatic heterocycles. The molecule has 0 radical (unpaired) electrons. The predicted molar refractivity (Wildman–Crippen MR) is 109 cm³/mol. The van der Waals surface area contributed by atoms with Gasteiger partial charge in [0, 0.05) is 42.6 Å². The Hall–Kier alpha value is -2.91. The van der Waals surface area contributed by atoms with Crippen LogP contribution in [0.25, 0.3) is 0 Å². The van der Waals surface area contributed by atoms with Crippen molar-refractivity contribution >= 4 is 23.6 Å². The molecule has 3 heterocycles. The summed E-state index contributed by atoms with van der Waals surface area (Å²) in [6.07, 6.45) is -2.54. The van der Waals surface area contributed by atoms with Crippen LogP contribution in [0.2, 0.25) is 0 Å². The normalized spacial score (nSPS) is 25.2. The van der Waals surface area contributed by atoms with Crippen molar-refractivity contribution in [2.45, 2.75) is 57.3 Å². The Balaban J connectivity index is 1.23. The third-order valence-corrected chi connectivity index (χ3v) is 7.62. The molecule has 1 spiro atoms. The molecule has 1 saturated carbocycles. The van der Waals surface area contributed by atoms with Crippen molar-refractivity contribution in [1.82, 2.24) is 15.1 Å². The third-order valence-electron chi connectivity index (χ3n) is 7.62. The number of imide groups is 1. The number of benzene rings is 1. The Bertz CT molecular complexity index is 1040. The minimum absolute atomic E-state index is 0.114. The lowest BCUT2D eigenvalue weighted by Gasteiger charge is -2.53. The summed E-state index contributed by atoms with van der Waals surface area (Å²) >= 11 is 0. The molecule has 0 bridgehead atoms. The summed E-state index contributed by atoms with van der Waals surface area (Å²) in [5, 5.41) is 2.26. The first-order valence-corrected chi connectivity index (χ1v) is 11.2. The van der Waals surface area contributed by atoms with Crippen LogP contribution in [0.5, 0.6) is 0 Å². The van der Waals surface area contributed by atoms with Gasteiger partial charge in [0.25, 0.3) is 11.8 Å². The van der Waals surface area contributed by atoms with E-state index < -0.39 is 24.0 Å². The van der Waals surface area contributed by atoms with Crippen molar-refractivity contribution < 1.29 is 32.3 Å². The standard InChI is InChI=1S/C23H24F3N3O4/c24-23(25,26)15-5-7-22(8-6-15)11-28(12-22)20(32)13-1-2-16-14(9-13)10-29(21(16)33)17-3-4-18(30)27-19(17)31/h1-2,9,15,17H,3-8,10-12H2,(H,27,30,31). The van der Waals surface area contributed by atoms with Crippen LogP contribution in [0, 0.1) is 11.3 Å². The van der Waals surface area contributed by atoms with E-state index in [2.05, 4.69) is 5.32 Å². The number of carbonyl (C=O) groups excluding carboxylic acids is 4. The number of halogens is 3. The molecule has 4 aliphatic rings. The summed E-state index contributed by atoms with van der Waals surface area (Å²) in [6.45, 7) is 1.09. The number of nitrogens with one attached hydrogen (secondary N) is 1. The van der Waals surface area contributed by atoms with Crippen LogP contribution in [-0.2, 0) is 16.1 Å². The fourth-order valence-corrected chi connectivity index (χ4v) is 5.67. The fourth-order valence-electron chi connectivity index (χ4n) is 5.67. The second kappa shape index (κ2) is 7.56. The number of fused-ring (bicyclic) bond motifs is 1. The monoisotopic (exact) mass is 463 g/mol. The van der Waals surface area contributed by atoms with E-state index in [0.29, 0.717) is 42.6 Å². The first-order chi connectivity index (χ1) is 15.6.